The van der Waals surface area contributed by atoms with Crippen molar-refractivity contribution in [3.8, 4) is 10.4 Å². The van der Waals surface area contributed by atoms with E-state index in [-0.39, 0.29) is 11.8 Å². The number of nitrogens with zero attached hydrogens (tertiary/aromatic N) is 1. The zero-order chi connectivity index (χ0) is 20.1. The molecular formula is C23H30N2O2S. The maximum absolute atomic E-state index is 13.0. The highest BCUT2D eigenvalue weighted by Gasteiger charge is 2.45. The Morgan fingerprint density at radius 1 is 1.21 bits per heavy atom. The van der Waals surface area contributed by atoms with Crippen molar-refractivity contribution < 1.29 is 9.59 Å². The van der Waals surface area contributed by atoms with Gasteiger partial charge in [0, 0.05) is 30.9 Å². The number of rotatable bonds is 7. The number of hydrogen-bond donors (Lipinski definition) is 1. The van der Waals surface area contributed by atoms with Gasteiger partial charge in [0.25, 0.3) is 0 Å². The molecule has 1 N–H and O–H groups in total. The van der Waals surface area contributed by atoms with Gasteiger partial charge in [-0.3, -0.25) is 9.59 Å². The molecule has 1 saturated heterocycles. The molecule has 150 valence electrons. The number of carbonyl (C=O) groups is 2. The molecule has 0 aliphatic carbocycles. The fourth-order valence-corrected chi connectivity index (χ4v) is 4.68. The molecule has 3 rings (SSSR count). The molecule has 1 atom stereocenters. The number of likely N-dealkylation sites (tertiary alicyclic amines) is 1. The lowest BCUT2D eigenvalue weighted by atomic mass is 9.79. The molecule has 4 nitrogen and oxygen atoms in total. The van der Waals surface area contributed by atoms with Gasteiger partial charge in [-0.15, -0.1) is 11.3 Å². The highest BCUT2D eigenvalue weighted by Crippen LogP contribution is 2.36. The van der Waals surface area contributed by atoms with Crippen molar-refractivity contribution in [1.29, 1.82) is 0 Å². The van der Waals surface area contributed by atoms with Gasteiger partial charge in [-0.2, -0.15) is 0 Å². The van der Waals surface area contributed by atoms with E-state index in [1.165, 1.54) is 10.4 Å². The Kier molecular flexibility index (Phi) is 6.55. The SMILES string of the molecule is CCNC(=O)[C@@]1(Cc2ccc(-c3cccs3)cc2)CCN(C(=O)CC(C)C)C1. The molecule has 1 fully saturated rings. The van der Waals surface area contributed by atoms with Crippen molar-refractivity contribution in [3.05, 3.63) is 47.3 Å². The number of carbonyl (C=O) groups excluding carboxylic acids is 2. The monoisotopic (exact) mass is 398 g/mol. The fourth-order valence-electron chi connectivity index (χ4n) is 3.94. The van der Waals surface area contributed by atoms with E-state index in [9.17, 15) is 9.59 Å². The van der Waals surface area contributed by atoms with E-state index in [1.54, 1.807) is 11.3 Å². The number of nitrogens with one attached hydrogen (secondary N) is 1. The van der Waals surface area contributed by atoms with Crippen LogP contribution in [0.2, 0.25) is 0 Å². The van der Waals surface area contributed by atoms with Crippen molar-refractivity contribution in [2.45, 2.75) is 40.0 Å². The van der Waals surface area contributed by atoms with Crippen LogP contribution in [0, 0.1) is 11.3 Å². The molecule has 1 aliphatic rings. The van der Waals surface area contributed by atoms with Gasteiger partial charge in [0.05, 0.1) is 5.41 Å². The largest absolute Gasteiger partial charge is 0.356 e. The normalized spacial score (nSPS) is 19.2. The van der Waals surface area contributed by atoms with Gasteiger partial charge in [-0.25, -0.2) is 0 Å². The smallest absolute Gasteiger partial charge is 0.228 e. The quantitative estimate of drug-likeness (QED) is 0.753. The maximum Gasteiger partial charge on any atom is 0.228 e. The first-order chi connectivity index (χ1) is 13.4. The summed E-state index contributed by atoms with van der Waals surface area (Å²) in [5.74, 6) is 0.558. The fraction of sp³-hybridized carbons (Fsp3) is 0.478. The summed E-state index contributed by atoms with van der Waals surface area (Å²) in [6.07, 6.45) is 1.92. The van der Waals surface area contributed by atoms with E-state index in [4.69, 9.17) is 0 Å². The molecule has 2 amide bonds. The molecule has 0 unspecified atom stereocenters. The van der Waals surface area contributed by atoms with Crippen LogP contribution in [0.25, 0.3) is 10.4 Å². The molecule has 0 bridgehead atoms. The Balaban J connectivity index is 1.77. The predicted octanol–water partition coefficient (Wildman–Crippen LogP) is 4.36. The molecule has 1 aromatic heterocycles. The van der Waals surface area contributed by atoms with Crippen LogP contribution >= 0.6 is 11.3 Å². The van der Waals surface area contributed by atoms with E-state index >= 15 is 0 Å². The molecule has 2 heterocycles. The molecule has 28 heavy (non-hydrogen) atoms. The first-order valence-electron chi connectivity index (χ1n) is 10.1. The minimum absolute atomic E-state index is 0.0668. The van der Waals surface area contributed by atoms with Crippen LogP contribution in [-0.4, -0.2) is 36.3 Å². The van der Waals surface area contributed by atoms with Gasteiger partial charge in [0.15, 0.2) is 0 Å². The van der Waals surface area contributed by atoms with E-state index in [2.05, 4.69) is 60.9 Å². The Labute approximate surface area is 172 Å². The molecule has 5 heteroatoms. The second-order valence-electron chi connectivity index (χ2n) is 8.15. The zero-order valence-corrected chi connectivity index (χ0v) is 17.8. The average Bonchev–Trinajstić information content (AvgIpc) is 3.33. The molecule has 0 radical (unpaired) electrons. The highest BCUT2D eigenvalue weighted by molar-refractivity contribution is 7.13. The maximum atomic E-state index is 13.0. The van der Waals surface area contributed by atoms with Crippen molar-refractivity contribution >= 4 is 23.2 Å². The number of benzene rings is 1. The first kappa shape index (κ1) is 20.6. The zero-order valence-electron chi connectivity index (χ0n) is 17.0. The summed E-state index contributed by atoms with van der Waals surface area (Å²) in [4.78, 5) is 28.6. The van der Waals surface area contributed by atoms with Crippen LogP contribution in [-0.2, 0) is 16.0 Å². The van der Waals surface area contributed by atoms with Crippen LogP contribution < -0.4 is 5.32 Å². The Bertz CT molecular complexity index is 799. The third-order valence-corrected chi connectivity index (χ3v) is 6.33. The van der Waals surface area contributed by atoms with E-state index in [1.807, 2.05) is 11.8 Å². The Hall–Kier alpha value is -2.14. The summed E-state index contributed by atoms with van der Waals surface area (Å²) in [6.45, 7) is 7.84. The minimum Gasteiger partial charge on any atom is -0.356 e. The van der Waals surface area contributed by atoms with Gasteiger partial charge in [-0.1, -0.05) is 44.2 Å². The molecular weight excluding hydrogens is 368 g/mol. The molecule has 0 spiro atoms. The lowest BCUT2D eigenvalue weighted by molar-refractivity contribution is -0.133. The highest BCUT2D eigenvalue weighted by atomic mass is 32.1. The number of amides is 2. The molecule has 1 aliphatic heterocycles. The summed E-state index contributed by atoms with van der Waals surface area (Å²) in [7, 11) is 0. The first-order valence-corrected chi connectivity index (χ1v) is 11.0. The van der Waals surface area contributed by atoms with E-state index < -0.39 is 5.41 Å². The average molecular weight is 399 g/mol. The van der Waals surface area contributed by atoms with Crippen molar-refractivity contribution in [1.82, 2.24) is 10.2 Å². The predicted molar refractivity (Wildman–Crippen MR) is 115 cm³/mol. The number of hydrogen-bond acceptors (Lipinski definition) is 3. The lowest BCUT2D eigenvalue weighted by Gasteiger charge is -2.28. The van der Waals surface area contributed by atoms with Gasteiger partial charge < -0.3 is 10.2 Å². The van der Waals surface area contributed by atoms with Crippen LogP contribution in [0.1, 0.15) is 39.2 Å². The van der Waals surface area contributed by atoms with Gasteiger partial charge >= 0.3 is 0 Å². The third-order valence-electron chi connectivity index (χ3n) is 5.41. The summed E-state index contributed by atoms with van der Waals surface area (Å²) in [5.41, 5.74) is 1.81. The second-order valence-corrected chi connectivity index (χ2v) is 9.10. The van der Waals surface area contributed by atoms with Gasteiger partial charge in [0.1, 0.15) is 0 Å². The summed E-state index contributed by atoms with van der Waals surface area (Å²) in [5, 5.41) is 5.09. The van der Waals surface area contributed by atoms with Crippen LogP contribution in [0.4, 0.5) is 0 Å². The number of thiophene rings is 1. The third kappa shape index (κ3) is 4.64. The van der Waals surface area contributed by atoms with Crippen LogP contribution in [0.5, 0.6) is 0 Å². The van der Waals surface area contributed by atoms with E-state index in [0.29, 0.717) is 38.4 Å². The summed E-state index contributed by atoms with van der Waals surface area (Å²) < 4.78 is 0. The summed E-state index contributed by atoms with van der Waals surface area (Å²) in [6, 6.07) is 12.7. The van der Waals surface area contributed by atoms with E-state index in [0.717, 1.165) is 12.0 Å². The van der Waals surface area contributed by atoms with Gasteiger partial charge in [0.2, 0.25) is 11.8 Å². The van der Waals surface area contributed by atoms with Crippen LogP contribution in [0.15, 0.2) is 41.8 Å². The van der Waals surface area contributed by atoms with Crippen molar-refractivity contribution in [3.63, 3.8) is 0 Å². The molecule has 1 aromatic carbocycles. The summed E-state index contributed by atoms with van der Waals surface area (Å²) >= 11 is 1.73. The minimum atomic E-state index is -0.535. The van der Waals surface area contributed by atoms with Crippen molar-refractivity contribution in [2.75, 3.05) is 19.6 Å². The van der Waals surface area contributed by atoms with Crippen LogP contribution in [0.3, 0.4) is 0 Å². The topological polar surface area (TPSA) is 49.4 Å². The van der Waals surface area contributed by atoms with Crippen molar-refractivity contribution in [2.24, 2.45) is 11.3 Å². The second kappa shape index (κ2) is 8.91. The van der Waals surface area contributed by atoms with Gasteiger partial charge in [-0.05, 0) is 48.3 Å². The Morgan fingerprint density at radius 2 is 1.96 bits per heavy atom. The molecule has 0 saturated carbocycles. The Morgan fingerprint density at radius 3 is 2.57 bits per heavy atom. The lowest BCUT2D eigenvalue weighted by Crippen LogP contribution is -2.45. The molecule has 2 aromatic rings. The standard InChI is InChI=1S/C23H30N2O2S/c1-4-24-22(27)23(11-12-25(16-23)21(26)14-17(2)3)15-18-7-9-19(10-8-18)20-6-5-13-28-20/h5-10,13,17H,4,11-12,14-16H2,1-3H3,(H,24,27)/t23-/m1/s1.